The van der Waals surface area contributed by atoms with Crippen molar-refractivity contribution in [1.82, 2.24) is 14.7 Å². The second-order valence-electron chi connectivity index (χ2n) is 8.12. The van der Waals surface area contributed by atoms with Crippen LogP contribution in [0.1, 0.15) is 29.8 Å². The summed E-state index contributed by atoms with van der Waals surface area (Å²) >= 11 is 0. The molecule has 0 aliphatic rings. The molecule has 0 atom stereocenters. The number of nitrogens with zero attached hydrogens (tertiary/aromatic N) is 4. The van der Waals surface area contributed by atoms with Crippen molar-refractivity contribution in [3.8, 4) is 11.3 Å². The molecule has 3 rings (SSSR count). The lowest BCUT2D eigenvalue weighted by molar-refractivity contribution is 0.0723. The number of amides is 1. The molecule has 0 aliphatic heterocycles. The largest absolute Gasteiger partial charge is 0.363 e. The highest BCUT2D eigenvalue weighted by molar-refractivity contribution is 5.94. The van der Waals surface area contributed by atoms with Crippen LogP contribution in [0.2, 0.25) is 0 Å². The topological polar surface area (TPSA) is 41.4 Å². The zero-order valence-corrected chi connectivity index (χ0v) is 18.3. The van der Waals surface area contributed by atoms with Crippen LogP contribution in [0.5, 0.6) is 0 Å². The highest BCUT2D eigenvalue weighted by Gasteiger charge is 2.25. The van der Waals surface area contributed by atoms with Gasteiger partial charge in [-0.1, -0.05) is 44.2 Å². The summed E-state index contributed by atoms with van der Waals surface area (Å²) in [5.74, 6) is 0.773. The van der Waals surface area contributed by atoms with Crippen molar-refractivity contribution in [3.63, 3.8) is 0 Å². The molecule has 1 amide bonds. The summed E-state index contributed by atoms with van der Waals surface area (Å²) in [5.41, 5.74) is 3.34. The van der Waals surface area contributed by atoms with Gasteiger partial charge < -0.3 is 9.80 Å². The van der Waals surface area contributed by atoms with Gasteiger partial charge in [0.15, 0.2) is 0 Å². The van der Waals surface area contributed by atoms with Gasteiger partial charge in [0, 0.05) is 44.4 Å². The Bertz CT molecular complexity index is 994. The number of rotatable bonds is 7. The maximum Gasteiger partial charge on any atom is 0.254 e. The van der Waals surface area contributed by atoms with Crippen molar-refractivity contribution < 1.29 is 9.18 Å². The molecule has 1 aromatic heterocycles. The molecule has 1 heterocycles. The lowest BCUT2D eigenvalue weighted by atomic mass is 10.1. The van der Waals surface area contributed by atoms with Crippen molar-refractivity contribution in [2.45, 2.75) is 20.4 Å². The first kappa shape index (κ1) is 21.6. The van der Waals surface area contributed by atoms with Gasteiger partial charge in [-0.3, -0.25) is 9.48 Å². The third-order valence-electron chi connectivity index (χ3n) is 4.90. The van der Waals surface area contributed by atoms with Crippen LogP contribution in [0.25, 0.3) is 11.3 Å². The standard InChI is InChI=1S/C24H29FN4O/c1-17(2)15-29(24(30)19-11-13-20(25)14-12-19)16-21-22(18-9-7-6-8-10-18)26-28(5)23(21)27(3)4/h6-14,17H,15-16H2,1-5H3. The summed E-state index contributed by atoms with van der Waals surface area (Å²) in [7, 11) is 5.87. The number of carbonyl (C=O) groups is 1. The predicted octanol–water partition coefficient (Wildman–Crippen LogP) is 4.59. The van der Waals surface area contributed by atoms with Crippen LogP contribution in [-0.4, -0.2) is 41.2 Å². The molecule has 0 unspecified atom stereocenters. The van der Waals surface area contributed by atoms with Gasteiger partial charge in [0.2, 0.25) is 0 Å². The fourth-order valence-electron chi connectivity index (χ4n) is 3.72. The quantitative estimate of drug-likeness (QED) is 0.574. The molecule has 2 aromatic carbocycles. The van der Waals surface area contributed by atoms with E-state index in [9.17, 15) is 9.18 Å². The molecule has 30 heavy (non-hydrogen) atoms. The van der Waals surface area contributed by atoms with Crippen molar-refractivity contribution >= 4 is 11.7 Å². The Hall–Kier alpha value is -3.15. The summed E-state index contributed by atoms with van der Waals surface area (Å²) in [6.45, 7) is 5.17. The van der Waals surface area contributed by atoms with Gasteiger partial charge in [-0.05, 0) is 30.2 Å². The number of hydrogen-bond donors (Lipinski definition) is 0. The second kappa shape index (κ2) is 9.11. The van der Waals surface area contributed by atoms with E-state index in [4.69, 9.17) is 5.10 Å². The number of aryl methyl sites for hydroxylation is 1. The lowest BCUT2D eigenvalue weighted by Gasteiger charge is -2.26. The molecule has 0 fully saturated rings. The normalized spacial score (nSPS) is 11.0. The van der Waals surface area contributed by atoms with Gasteiger partial charge in [-0.25, -0.2) is 4.39 Å². The molecule has 0 radical (unpaired) electrons. The molecule has 0 bridgehead atoms. The van der Waals surface area contributed by atoms with E-state index in [1.165, 1.54) is 12.1 Å². The van der Waals surface area contributed by atoms with Crippen LogP contribution < -0.4 is 4.90 Å². The third-order valence-corrected chi connectivity index (χ3v) is 4.90. The first-order valence-corrected chi connectivity index (χ1v) is 10.1. The fraction of sp³-hybridized carbons (Fsp3) is 0.333. The molecule has 0 saturated heterocycles. The number of aromatic nitrogens is 2. The van der Waals surface area contributed by atoms with Crippen LogP contribution in [0, 0.1) is 11.7 Å². The number of benzene rings is 2. The van der Waals surface area contributed by atoms with E-state index >= 15 is 0 Å². The molecule has 0 aliphatic carbocycles. The van der Waals surface area contributed by atoms with E-state index in [2.05, 4.69) is 13.8 Å². The fourth-order valence-corrected chi connectivity index (χ4v) is 3.72. The Morgan fingerprint density at radius 1 is 1.07 bits per heavy atom. The average molecular weight is 409 g/mol. The Labute approximate surface area is 177 Å². The van der Waals surface area contributed by atoms with Gasteiger partial charge in [-0.15, -0.1) is 0 Å². The Kier molecular flexibility index (Phi) is 6.55. The van der Waals surface area contributed by atoms with Crippen molar-refractivity contribution in [2.24, 2.45) is 13.0 Å². The summed E-state index contributed by atoms with van der Waals surface area (Å²) in [5, 5.41) is 4.77. The maximum atomic E-state index is 13.4. The molecule has 0 saturated carbocycles. The van der Waals surface area contributed by atoms with E-state index in [0.717, 1.165) is 22.6 Å². The number of hydrogen-bond acceptors (Lipinski definition) is 3. The number of halogens is 1. The lowest BCUT2D eigenvalue weighted by Crippen LogP contribution is -2.34. The van der Waals surface area contributed by atoms with Crippen LogP contribution in [-0.2, 0) is 13.6 Å². The number of anilines is 1. The van der Waals surface area contributed by atoms with Crippen LogP contribution in [0.15, 0.2) is 54.6 Å². The van der Waals surface area contributed by atoms with Gasteiger partial charge in [0.25, 0.3) is 5.91 Å². The van der Waals surface area contributed by atoms with Crippen LogP contribution in [0.3, 0.4) is 0 Å². The van der Waals surface area contributed by atoms with E-state index < -0.39 is 0 Å². The number of carbonyl (C=O) groups excluding carboxylic acids is 1. The van der Waals surface area contributed by atoms with Gasteiger partial charge >= 0.3 is 0 Å². The summed E-state index contributed by atoms with van der Waals surface area (Å²) in [6, 6.07) is 15.7. The molecule has 0 N–H and O–H groups in total. The first-order chi connectivity index (χ1) is 14.3. The highest BCUT2D eigenvalue weighted by Crippen LogP contribution is 2.31. The zero-order chi connectivity index (χ0) is 21.8. The Morgan fingerprint density at radius 3 is 2.27 bits per heavy atom. The molecular formula is C24H29FN4O. The van der Waals surface area contributed by atoms with E-state index in [1.807, 2.05) is 66.0 Å². The van der Waals surface area contributed by atoms with Crippen molar-refractivity contribution in [1.29, 1.82) is 0 Å². The van der Waals surface area contributed by atoms with Crippen molar-refractivity contribution in [2.75, 3.05) is 25.5 Å². The predicted molar refractivity (Wildman–Crippen MR) is 119 cm³/mol. The second-order valence-corrected chi connectivity index (χ2v) is 8.12. The molecule has 3 aromatic rings. The smallest absolute Gasteiger partial charge is 0.254 e. The van der Waals surface area contributed by atoms with Crippen LogP contribution in [0.4, 0.5) is 10.2 Å². The average Bonchev–Trinajstić information content (AvgIpc) is 3.04. The summed E-state index contributed by atoms with van der Waals surface area (Å²) in [6.07, 6.45) is 0. The van der Waals surface area contributed by atoms with Crippen molar-refractivity contribution in [3.05, 3.63) is 71.5 Å². The van der Waals surface area contributed by atoms with E-state index in [0.29, 0.717) is 18.7 Å². The summed E-state index contributed by atoms with van der Waals surface area (Å²) < 4.78 is 15.2. The SMILES string of the molecule is CC(C)CN(Cc1c(-c2ccccc2)nn(C)c1N(C)C)C(=O)c1ccc(F)cc1. The Morgan fingerprint density at radius 2 is 1.70 bits per heavy atom. The first-order valence-electron chi connectivity index (χ1n) is 10.1. The zero-order valence-electron chi connectivity index (χ0n) is 18.3. The van der Waals surface area contributed by atoms with E-state index in [-0.39, 0.29) is 17.6 Å². The highest BCUT2D eigenvalue weighted by atomic mass is 19.1. The minimum absolute atomic E-state index is 0.115. The summed E-state index contributed by atoms with van der Waals surface area (Å²) in [4.78, 5) is 17.1. The molecule has 158 valence electrons. The molecule has 0 spiro atoms. The Balaban J connectivity index is 2.05. The molecular weight excluding hydrogens is 379 g/mol. The third kappa shape index (κ3) is 4.70. The minimum atomic E-state index is -0.351. The molecule has 5 nitrogen and oxygen atoms in total. The molecule has 6 heteroatoms. The van der Waals surface area contributed by atoms with Gasteiger partial charge in [0.1, 0.15) is 11.6 Å². The van der Waals surface area contributed by atoms with E-state index in [1.54, 1.807) is 12.1 Å². The minimum Gasteiger partial charge on any atom is -0.363 e. The van der Waals surface area contributed by atoms with Crippen LogP contribution >= 0.6 is 0 Å². The monoisotopic (exact) mass is 408 g/mol. The van der Waals surface area contributed by atoms with Gasteiger partial charge in [-0.2, -0.15) is 5.10 Å². The maximum absolute atomic E-state index is 13.4. The van der Waals surface area contributed by atoms with Gasteiger partial charge in [0.05, 0.1) is 12.2 Å².